The molecule has 0 aliphatic carbocycles. The van der Waals surface area contributed by atoms with Gasteiger partial charge in [0.2, 0.25) is 0 Å². The van der Waals surface area contributed by atoms with E-state index in [1.807, 2.05) is 12.1 Å². The van der Waals surface area contributed by atoms with E-state index < -0.39 is 5.97 Å². The van der Waals surface area contributed by atoms with Crippen LogP contribution >= 0.6 is 23.2 Å². The molecule has 6 nitrogen and oxygen atoms in total. The molecule has 0 saturated carbocycles. The molecule has 1 amide bonds. The van der Waals surface area contributed by atoms with Crippen molar-refractivity contribution in [2.45, 2.75) is 39.0 Å². The number of H-pyrrole nitrogens is 1. The number of hydrogen-bond donors (Lipinski definition) is 2. The lowest BCUT2D eigenvalue weighted by molar-refractivity contribution is 0.0487. The average Bonchev–Trinajstić information content (AvgIpc) is 3.01. The highest BCUT2D eigenvalue weighted by atomic mass is 35.5. The first-order valence-electron chi connectivity index (χ1n) is 9.97. The number of amides is 1. The van der Waals surface area contributed by atoms with Gasteiger partial charge in [0.1, 0.15) is 5.69 Å². The SMILES string of the molecule is CCOC(=O)c1c(C)[nH]c(C(=O)NCC2(c3ccc(Cl)cc3Cl)CCOCC2)c1C. The Morgan fingerprint density at radius 3 is 2.57 bits per heavy atom. The molecular weight excluding hydrogens is 427 g/mol. The van der Waals surface area contributed by atoms with Gasteiger partial charge in [-0.1, -0.05) is 29.3 Å². The zero-order valence-electron chi connectivity index (χ0n) is 17.4. The number of benzene rings is 1. The summed E-state index contributed by atoms with van der Waals surface area (Å²) in [6.45, 7) is 7.08. The van der Waals surface area contributed by atoms with Crippen molar-refractivity contribution in [3.05, 3.63) is 56.3 Å². The maximum absolute atomic E-state index is 13.0. The van der Waals surface area contributed by atoms with Gasteiger partial charge in [-0.2, -0.15) is 0 Å². The summed E-state index contributed by atoms with van der Waals surface area (Å²) in [5, 5.41) is 4.18. The van der Waals surface area contributed by atoms with Crippen LogP contribution in [0.1, 0.15) is 57.4 Å². The Morgan fingerprint density at radius 2 is 1.93 bits per heavy atom. The zero-order valence-corrected chi connectivity index (χ0v) is 18.9. The number of hydrogen-bond acceptors (Lipinski definition) is 4. The molecule has 1 aliphatic rings. The first-order valence-corrected chi connectivity index (χ1v) is 10.7. The summed E-state index contributed by atoms with van der Waals surface area (Å²) in [5.41, 5.74) is 2.55. The van der Waals surface area contributed by atoms with Crippen LogP contribution in [0.4, 0.5) is 0 Å². The minimum atomic E-state index is -0.434. The number of carbonyl (C=O) groups is 2. The maximum Gasteiger partial charge on any atom is 0.340 e. The molecule has 0 spiro atoms. The molecule has 0 atom stereocenters. The number of carbonyl (C=O) groups excluding carboxylic acids is 2. The van der Waals surface area contributed by atoms with E-state index in [2.05, 4.69) is 10.3 Å². The number of aromatic amines is 1. The van der Waals surface area contributed by atoms with E-state index >= 15 is 0 Å². The second kappa shape index (κ2) is 9.41. The summed E-state index contributed by atoms with van der Waals surface area (Å²) in [5.74, 6) is -0.709. The van der Waals surface area contributed by atoms with E-state index in [1.54, 1.807) is 26.8 Å². The highest BCUT2D eigenvalue weighted by Gasteiger charge is 2.37. The van der Waals surface area contributed by atoms with Crippen LogP contribution in [-0.2, 0) is 14.9 Å². The van der Waals surface area contributed by atoms with E-state index in [-0.39, 0.29) is 17.9 Å². The van der Waals surface area contributed by atoms with Crippen LogP contribution in [0.2, 0.25) is 10.0 Å². The number of ether oxygens (including phenoxy) is 2. The van der Waals surface area contributed by atoms with Gasteiger partial charge in [-0.05, 0) is 56.9 Å². The van der Waals surface area contributed by atoms with E-state index in [9.17, 15) is 9.59 Å². The lowest BCUT2D eigenvalue weighted by atomic mass is 9.74. The van der Waals surface area contributed by atoms with E-state index in [0.717, 1.165) is 18.4 Å². The molecule has 0 radical (unpaired) electrons. The topological polar surface area (TPSA) is 80.4 Å². The molecule has 0 unspecified atom stereocenters. The molecule has 2 heterocycles. The number of aromatic nitrogens is 1. The fraction of sp³-hybridized carbons (Fsp3) is 0.455. The Balaban J connectivity index is 1.84. The summed E-state index contributed by atoms with van der Waals surface area (Å²) >= 11 is 12.6. The molecule has 1 saturated heterocycles. The Morgan fingerprint density at radius 1 is 1.23 bits per heavy atom. The quantitative estimate of drug-likeness (QED) is 0.627. The van der Waals surface area contributed by atoms with Crippen molar-refractivity contribution in [3.8, 4) is 0 Å². The van der Waals surface area contributed by atoms with E-state index in [1.165, 1.54) is 0 Å². The molecule has 1 aliphatic heterocycles. The third kappa shape index (κ3) is 4.51. The van der Waals surface area contributed by atoms with Crippen LogP contribution in [-0.4, -0.2) is 43.2 Å². The molecule has 1 fully saturated rings. The third-order valence-electron chi connectivity index (χ3n) is 5.68. The number of nitrogens with one attached hydrogen (secondary N) is 2. The van der Waals surface area contributed by atoms with Crippen LogP contribution in [0.5, 0.6) is 0 Å². The summed E-state index contributed by atoms with van der Waals surface area (Å²) in [6, 6.07) is 5.46. The molecule has 1 aromatic heterocycles. The molecule has 1 aromatic carbocycles. The van der Waals surface area contributed by atoms with Crippen molar-refractivity contribution in [1.82, 2.24) is 10.3 Å². The van der Waals surface area contributed by atoms with Gasteiger partial charge < -0.3 is 19.8 Å². The first kappa shape index (κ1) is 22.7. The van der Waals surface area contributed by atoms with Crippen LogP contribution in [0.25, 0.3) is 0 Å². The van der Waals surface area contributed by atoms with Crippen LogP contribution in [0.15, 0.2) is 18.2 Å². The number of esters is 1. The lowest BCUT2D eigenvalue weighted by Crippen LogP contribution is -2.45. The Kier molecular flexibility index (Phi) is 7.11. The van der Waals surface area contributed by atoms with Gasteiger partial charge in [-0.3, -0.25) is 4.79 Å². The lowest BCUT2D eigenvalue weighted by Gasteiger charge is -2.38. The molecule has 30 heavy (non-hydrogen) atoms. The molecule has 3 rings (SSSR count). The largest absolute Gasteiger partial charge is 0.462 e. The summed E-state index contributed by atoms with van der Waals surface area (Å²) in [4.78, 5) is 28.2. The van der Waals surface area contributed by atoms with Gasteiger partial charge in [-0.25, -0.2) is 4.79 Å². The van der Waals surface area contributed by atoms with Gasteiger partial charge in [0.25, 0.3) is 5.91 Å². The molecule has 8 heteroatoms. The van der Waals surface area contributed by atoms with E-state index in [4.69, 9.17) is 32.7 Å². The van der Waals surface area contributed by atoms with Gasteiger partial charge in [-0.15, -0.1) is 0 Å². The Bertz CT molecular complexity index is 949. The molecule has 2 N–H and O–H groups in total. The Hall–Kier alpha value is -2.02. The highest BCUT2D eigenvalue weighted by Crippen LogP contribution is 2.39. The highest BCUT2D eigenvalue weighted by molar-refractivity contribution is 6.35. The molecule has 162 valence electrons. The molecule has 2 aromatic rings. The normalized spacial score (nSPS) is 15.6. The molecule has 0 bridgehead atoms. The van der Waals surface area contributed by atoms with Gasteiger partial charge in [0.15, 0.2) is 0 Å². The number of rotatable bonds is 6. The fourth-order valence-corrected chi connectivity index (χ4v) is 4.66. The minimum Gasteiger partial charge on any atom is -0.462 e. The smallest absolute Gasteiger partial charge is 0.340 e. The molecular formula is C22H26Cl2N2O4. The average molecular weight is 453 g/mol. The van der Waals surface area contributed by atoms with Crippen molar-refractivity contribution in [2.75, 3.05) is 26.4 Å². The van der Waals surface area contributed by atoms with Gasteiger partial charge >= 0.3 is 5.97 Å². The second-order valence-electron chi connectivity index (χ2n) is 7.55. The standard InChI is InChI=1S/C22H26Cl2N2O4/c1-4-30-21(28)18-13(2)19(26-14(18)3)20(27)25-12-22(7-9-29-10-8-22)16-6-5-15(23)11-17(16)24/h5-6,11,26H,4,7-10,12H2,1-3H3,(H,25,27). The monoisotopic (exact) mass is 452 g/mol. The fourth-order valence-electron chi connectivity index (χ4n) is 4.05. The minimum absolute atomic E-state index is 0.275. The first-order chi connectivity index (χ1) is 14.3. The summed E-state index contributed by atoms with van der Waals surface area (Å²) in [7, 11) is 0. The van der Waals surface area contributed by atoms with Crippen molar-refractivity contribution >= 4 is 35.1 Å². The third-order valence-corrected chi connectivity index (χ3v) is 6.23. The van der Waals surface area contributed by atoms with Crippen molar-refractivity contribution in [3.63, 3.8) is 0 Å². The Labute approximate surface area is 186 Å². The zero-order chi connectivity index (χ0) is 21.9. The van der Waals surface area contributed by atoms with Crippen LogP contribution in [0, 0.1) is 13.8 Å². The van der Waals surface area contributed by atoms with Crippen LogP contribution < -0.4 is 5.32 Å². The van der Waals surface area contributed by atoms with Gasteiger partial charge in [0.05, 0.1) is 12.2 Å². The summed E-state index contributed by atoms with van der Waals surface area (Å²) in [6.07, 6.45) is 1.46. The van der Waals surface area contributed by atoms with Crippen molar-refractivity contribution in [2.24, 2.45) is 0 Å². The van der Waals surface area contributed by atoms with Crippen LogP contribution in [0.3, 0.4) is 0 Å². The number of halogens is 2. The van der Waals surface area contributed by atoms with E-state index in [0.29, 0.717) is 52.3 Å². The summed E-state index contributed by atoms with van der Waals surface area (Å²) < 4.78 is 10.7. The maximum atomic E-state index is 13.0. The van der Waals surface area contributed by atoms with Crippen molar-refractivity contribution in [1.29, 1.82) is 0 Å². The van der Waals surface area contributed by atoms with Gasteiger partial charge in [0, 0.05) is 40.9 Å². The predicted octanol–water partition coefficient (Wildman–Crippen LogP) is 4.59. The van der Waals surface area contributed by atoms with Crippen molar-refractivity contribution < 1.29 is 19.1 Å². The second-order valence-corrected chi connectivity index (χ2v) is 8.39. The predicted molar refractivity (Wildman–Crippen MR) is 117 cm³/mol. The number of aryl methyl sites for hydroxylation is 1.